The molecule has 1 saturated heterocycles. The van der Waals surface area contributed by atoms with Gasteiger partial charge in [-0.15, -0.1) is 0 Å². The molecular weight excluding hydrogens is 308 g/mol. The van der Waals surface area contributed by atoms with E-state index in [1.54, 1.807) is 0 Å². The van der Waals surface area contributed by atoms with Crippen molar-refractivity contribution < 1.29 is 8.42 Å². The zero-order valence-corrected chi connectivity index (χ0v) is 15.4. The first-order valence-electron chi connectivity index (χ1n) is 8.62. The summed E-state index contributed by atoms with van der Waals surface area (Å²) in [6.45, 7) is 9.11. The Kier molecular flexibility index (Phi) is 6.62. The zero-order valence-electron chi connectivity index (χ0n) is 14.6. The van der Waals surface area contributed by atoms with Crippen LogP contribution in [0.15, 0.2) is 24.3 Å². The van der Waals surface area contributed by atoms with Gasteiger partial charge in [0.2, 0.25) is 10.0 Å². The minimum Gasteiger partial charge on any atom is -0.299 e. The molecule has 4 nitrogen and oxygen atoms in total. The quantitative estimate of drug-likeness (QED) is 0.793. The van der Waals surface area contributed by atoms with E-state index in [-0.39, 0.29) is 5.75 Å². The van der Waals surface area contributed by atoms with Gasteiger partial charge in [0.15, 0.2) is 0 Å². The van der Waals surface area contributed by atoms with Crippen LogP contribution in [0.3, 0.4) is 0 Å². The number of nitrogens with zero attached hydrogens (tertiary/aromatic N) is 1. The van der Waals surface area contributed by atoms with Crippen molar-refractivity contribution in [3.63, 3.8) is 0 Å². The summed E-state index contributed by atoms with van der Waals surface area (Å²) in [5, 5.41) is 0. The number of nitrogens with one attached hydrogen (secondary N) is 1. The Labute approximate surface area is 141 Å². The lowest BCUT2D eigenvalue weighted by atomic mass is 10.0. The Morgan fingerprint density at radius 3 is 2.30 bits per heavy atom. The number of aryl methyl sites for hydroxylation is 1. The maximum Gasteiger partial charge on any atom is 0.215 e. The van der Waals surface area contributed by atoms with Gasteiger partial charge in [0, 0.05) is 12.6 Å². The molecule has 1 N–H and O–H groups in total. The van der Waals surface area contributed by atoms with Crippen molar-refractivity contribution in [1.29, 1.82) is 0 Å². The van der Waals surface area contributed by atoms with E-state index < -0.39 is 10.0 Å². The van der Waals surface area contributed by atoms with Crippen molar-refractivity contribution >= 4 is 10.0 Å². The van der Waals surface area contributed by atoms with Gasteiger partial charge >= 0.3 is 0 Å². The topological polar surface area (TPSA) is 49.4 Å². The minimum atomic E-state index is -3.28. The van der Waals surface area contributed by atoms with E-state index in [0.717, 1.165) is 30.6 Å². The Bertz CT molecular complexity index is 576. The second kappa shape index (κ2) is 8.27. The van der Waals surface area contributed by atoms with Crippen LogP contribution in [-0.4, -0.2) is 39.0 Å². The number of sulfonamides is 1. The van der Waals surface area contributed by atoms with Gasteiger partial charge in [-0.2, -0.15) is 0 Å². The highest BCUT2D eigenvalue weighted by Gasteiger charge is 2.24. The third-order valence-corrected chi connectivity index (χ3v) is 5.74. The standard InChI is InChI=1S/C18H30N2O2S/c1-15(2)12-18(20-10-4-5-11-20)13-19-23(21,22)14-17-8-6-16(3)7-9-17/h6-9,15,18-19H,4-5,10-14H2,1-3H3. The van der Waals surface area contributed by atoms with E-state index in [4.69, 9.17) is 0 Å². The van der Waals surface area contributed by atoms with Gasteiger partial charge in [0.25, 0.3) is 0 Å². The first-order valence-corrected chi connectivity index (χ1v) is 10.3. The summed E-state index contributed by atoms with van der Waals surface area (Å²) in [4.78, 5) is 2.44. The van der Waals surface area contributed by atoms with Crippen LogP contribution in [0.1, 0.15) is 44.2 Å². The lowest BCUT2D eigenvalue weighted by molar-refractivity contribution is 0.214. The molecule has 130 valence electrons. The summed E-state index contributed by atoms with van der Waals surface area (Å²) in [5.74, 6) is 0.629. The van der Waals surface area contributed by atoms with Gasteiger partial charge in [-0.25, -0.2) is 13.1 Å². The molecule has 1 fully saturated rings. The van der Waals surface area contributed by atoms with Crippen LogP contribution in [0.5, 0.6) is 0 Å². The maximum atomic E-state index is 12.4. The SMILES string of the molecule is Cc1ccc(CS(=O)(=O)NCC(CC(C)C)N2CCCC2)cc1. The normalized spacial score (nSPS) is 17.7. The summed E-state index contributed by atoms with van der Waals surface area (Å²) in [6.07, 6.45) is 3.49. The second-order valence-electron chi connectivity index (χ2n) is 7.12. The number of likely N-dealkylation sites (tertiary alicyclic amines) is 1. The predicted molar refractivity (Wildman–Crippen MR) is 95.9 cm³/mol. The van der Waals surface area contributed by atoms with Crippen LogP contribution >= 0.6 is 0 Å². The van der Waals surface area contributed by atoms with Crippen molar-refractivity contribution in [3.05, 3.63) is 35.4 Å². The van der Waals surface area contributed by atoms with Crippen LogP contribution in [0.4, 0.5) is 0 Å². The smallest absolute Gasteiger partial charge is 0.215 e. The highest BCUT2D eigenvalue weighted by molar-refractivity contribution is 7.88. The van der Waals surface area contributed by atoms with Crippen molar-refractivity contribution in [2.24, 2.45) is 5.92 Å². The molecule has 0 aromatic heterocycles. The molecule has 1 atom stereocenters. The van der Waals surface area contributed by atoms with Gasteiger partial charge in [-0.1, -0.05) is 43.7 Å². The van der Waals surface area contributed by atoms with Crippen molar-refractivity contribution in [2.45, 2.75) is 51.8 Å². The van der Waals surface area contributed by atoms with E-state index in [2.05, 4.69) is 23.5 Å². The molecule has 1 aliphatic rings. The average Bonchev–Trinajstić information content (AvgIpc) is 2.99. The van der Waals surface area contributed by atoms with Crippen molar-refractivity contribution in [3.8, 4) is 0 Å². The van der Waals surface area contributed by atoms with E-state index in [1.807, 2.05) is 31.2 Å². The summed E-state index contributed by atoms with van der Waals surface area (Å²) < 4.78 is 27.6. The minimum absolute atomic E-state index is 0.0572. The number of hydrogen-bond acceptors (Lipinski definition) is 3. The molecule has 0 bridgehead atoms. The predicted octanol–water partition coefficient (Wildman–Crippen LogP) is 2.92. The fourth-order valence-corrected chi connectivity index (χ4v) is 4.37. The van der Waals surface area contributed by atoms with Gasteiger partial charge < -0.3 is 0 Å². The number of hydrogen-bond donors (Lipinski definition) is 1. The van der Waals surface area contributed by atoms with Crippen LogP contribution in [-0.2, 0) is 15.8 Å². The van der Waals surface area contributed by atoms with Crippen molar-refractivity contribution in [2.75, 3.05) is 19.6 Å². The Morgan fingerprint density at radius 1 is 1.13 bits per heavy atom. The first-order chi connectivity index (χ1) is 10.9. The van der Waals surface area contributed by atoms with E-state index in [0.29, 0.717) is 18.5 Å². The zero-order chi connectivity index (χ0) is 16.9. The Balaban J connectivity index is 1.93. The molecule has 0 spiro atoms. The van der Waals surface area contributed by atoms with Crippen LogP contribution in [0.25, 0.3) is 0 Å². The molecule has 1 aromatic carbocycles. The average molecular weight is 339 g/mol. The largest absolute Gasteiger partial charge is 0.299 e. The van der Waals surface area contributed by atoms with Crippen LogP contribution < -0.4 is 4.72 Å². The van der Waals surface area contributed by atoms with Gasteiger partial charge in [0.1, 0.15) is 0 Å². The summed E-state index contributed by atoms with van der Waals surface area (Å²) in [7, 11) is -3.28. The van der Waals surface area contributed by atoms with Crippen molar-refractivity contribution in [1.82, 2.24) is 9.62 Å². The number of benzene rings is 1. The highest BCUT2D eigenvalue weighted by atomic mass is 32.2. The lowest BCUT2D eigenvalue weighted by Gasteiger charge is -2.29. The monoisotopic (exact) mass is 338 g/mol. The summed E-state index contributed by atoms with van der Waals surface area (Å²) in [6, 6.07) is 8.00. The molecule has 5 heteroatoms. The summed E-state index contributed by atoms with van der Waals surface area (Å²) in [5.41, 5.74) is 1.98. The summed E-state index contributed by atoms with van der Waals surface area (Å²) >= 11 is 0. The first kappa shape index (κ1) is 18.4. The molecule has 2 rings (SSSR count). The Hall–Kier alpha value is -0.910. The molecule has 0 aliphatic carbocycles. The molecule has 1 heterocycles. The molecule has 0 radical (unpaired) electrons. The van der Waals surface area contributed by atoms with Crippen LogP contribution in [0, 0.1) is 12.8 Å². The third-order valence-electron chi connectivity index (χ3n) is 4.42. The van der Waals surface area contributed by atoms with Gasteiger partial charge in [0.05, 0.1) is 5.75 Å². The molecule has 1 aliphatic heterocycles. The third kappa shape index (κ3) is 6.24. The van der Waals surface area contributed by atoms with Gasteiger partial charge in [-0.05, 0) is 50.8 Å². The number of rotatable bonds is 8. The molecular formula is C18H30N2O2S. The maximum absolute atomic E-state index is 12.4. The molecule has 1 unspecified atom stereocenters. The fraction of sp³-hybridized carbons (Fsp3) is 0.667. The Morgan fingerprint density at radius 2 is 1.74 bits per heavy atom. The van der Waals surface area contributed by atoms with Crippen LogP contribution in [0.2, 0.25) is 0 Å². The second-order valence-corrected chi connectivity index (χ2v) is 8.93. The van der Waals surface area contributed by atoms with E-state index in [1.165, 1.54) is 12.8 Å². The molecule has 0 amide bonds. The highest BCUT2D eigenvalue weighted by Crippen LogP contribution is 2.17. The van der Waals surface area contributed by atoms with Gasteiger partial charge in [-0.3, -0.25) is 4.90 Å². The molecule has 23 heavy (non-hydrogen) atoms. The lowest BCUT2D eigenvalue weighted by Crippen LogP contribution is -2.43. The molecule has 0 saturated carbocycles. The molecule has 1 aromatic rings. The van der Waals surface area contributed by atoms with E-state index in [9.17, 15) is 8.42 Å². The fourth-order valence-electron chi connectivity index (χ4n) is 3.19. The van der Waals surface area contributed by atoms with E-state index >= 15 is 0 Å².